The lowest BCUT2D eigenvalue weighted by Gasteiger charge is -2.03. The fourth-order valence-electron chi connectivity index (χ4n) is 2.45. The average Bonchev–Trinajstić information content (AvgIpc) is 3.06. The smallest absolute Gasteiger partial charge is 0.261 e. The van der Waals surface area contributed by atoms with Crippen LogP contribution in [-0.2, 0) is 6.54 Å². The van der Waals surface area contributed by atoms with Crippen molar-refractivity contribution in [1.29, 1.82) is 0 Å². The molecule has 0 aliphatic carbocycles. The van der Waals surface area contributed by atoms with Crippen LogP contribution in [0, 0.1) is 0 Å². The van der Waals surface area contributed by atoms with Crippen LogP contribution in [0.2, 0.25) is 10.0 Å². The lowest BCUT2D eigenvalue weighted by atomic mass is 10.2. The molecule has 0 saturated heterocycles. The van der Waals surface area contributed by atoms with E-state index in [4.69, 9.17) is 27.7 Å². The zero-order chi connectivity index (χ0) is 17.4. The Morgan fingerprint density at radius 2 is 1.92 bits per heavy atom. The molecular weight excluding hydrogens is 363 g/mol. The van der Waals surface area contributed by atoms with Crippen LogP contribution in [0.15, 0.2) is 58.1 Å². The van der Waals surface area contributed by atoms with Crippen LogP contribution in [0.4, 0.5) is 0 Å². The predicted octanol–water partition coefficient (Wildman–Crippen LogP) is 3.80. The van der Waals surface area contributed by atoms with Gasteiger partial charge in [0, 0.05) is 15.6 Å². The van der Waals surface area contributed by atoms with Crippen molar-refractivity contribution in [1.82, 2.24) is 19.7 Å². The van der Waals surface area contributed by atoms with Gasteiger partial charge in [0.25, 0.3) is 5.56 Å². The van der Waals surface area contributed by atoms with E-state index in [9.17, 15) is 4.79 Å². The minimum Gasteiger partial charge on any atom is -0.337 e. The lowest BCUT2D eigenvalue weighted by Crippen LogP contribution is -2.21. The first-order chi connectivity index (χ1) is 12.1. The van der Waals surface area contributed by atoms with Crippen LogP contribution in [0.3, 0.4) is 0 Å². The Kier molecular flexibility index (Phi) is 3.99. The highest BCUT2D eigenvalue weighted by Crippen LogP contribution is 2.20. The Balaban J connectivity index is 1.67. The number of halogens is 2. The molecule has 0 radical (unpaired) electrons. The molecular formula is C17H10Cl2N4O2. The summed E-state index contributed by atoms with van der Waals surface area (Å²) >= 11 is 11.9. The van der Waals surface area contributed by atoms with Crippen molar-refractivity contribution >= 4 is 34.1 Å². The van der Waals surface area contributed by atoms with E-state index in [-0.39, 0.29) is 12.1 Å². The van der Waals surface area contributed by atoms with E-state index in [2.05, 4.69) is 15.1 Å². The van der Waals surface area contributed by atoms with Gasteiger partial charge in [0.05, 0.1) is 17.2 Å². The number of fused-ring (bicyclic) bond motifs is 1. The van der Waals surface area contributed by atoms with Gasteiger partial charge in [0.1, 0.15) is 6.54 Å². The molecule has 0 saturated carbocycles. The van der Waals surface area contributed by atoms with Crippen molar-refractivity contribution in [2.24, 2.45) is 0 Å². The van der Waals surface area contributed by atoms with Crippen molar-refractivity contribution < 1.29 is 4.52 Å². The Morgan fingerprint density at radius 1 is 1.08 bits per heavy atom. The van der Waals surface area contributed by atoms with E-state index in [0.717, 1.165) is 5.56 Å². The molecule has 0 N–H and O–H groups in total. The number of hydrogen-bond acceptors (Lipinski definition) is 5. The van der Waals surface area contributed by atoms with Gasteiger partial charge in [-0.2, -0.15) is 4.98 Å². The second kappa shape index (κ2) is 6.31. The minimum absolute atomic E-state index is 0.123. The standard InChI is InChI=1S/C17H10Cl2N4O2/c18-11-3-1-2-10(6-11)16-21-15(25-22-16)8-23-9-20-14-7-12(19)4-5-13(14)17(23)24/h1-7,9H,8H2. The van der Waals surface area contributed by atoms with Crippen molar-refractivity contribution in [3.05, 3.63) is 75.1 Å². The molecule has 8 heteroatoms. The summed E-state index contributed by atoms with van der Waals surface area (Å²) < 4.78 is 6.64. The molecule has 0 atom stereocenters. The third-order valence-corrected chi connectivity index (χ3v) is 4.11. The van der Waals surface area contributed by atoms with Crippen LogP contribution >= 0.6 is 23.2 Å². The molecule has 0 bridgehead atoms. The second-order valence-corrected chi connectivity index (χ2v) is 6.23. The van der Waals surface area contributed by atoms with E-state index in [1.807, 2.05) is 6.07 Å². The fraction of sp³-hybridized carbons (Fsp3) is 0.0588. The van der Waals surface area contributed by atoms with Gasteiger partial charge < -0.3 is 4.52 Å². The maximum Gasteiger partial charge on any atom is 0.261 e. The van der Waals surface area contributed by atoms with Gasteiger partial charge in [-0.3, -0.25) is 9.36 Å². The van der Waals surface area contributed by atoms with Crippen LogP contribution < -0.4 is 5.56 Å². The van der Waals surface area contributed by atoms with Crippen molar-refractivity contribution in [3.63, 3.8) is 0 Å². The molecule has 4 rings (SSSR count). The summed E-state index contributed by atoms with van der Waals surface area (Å²) in [5.41, 5.74) is 1.07. The number of rotatable bonds is 3. The molecule has 0 fully saturated rings. The molecule has 2 aromatic carbocycles. The highest BCUT2D eigenvalue weighted by molar-refractivity contribution is 6.31. The predicted molar refractivity (Wildman–Crippen MR) is 94.9 cm³/mol. The summed E-state index contributed by atoms with van der Waals surface area (Å²) in [6, 6.07) is 12.1. The number of nitrogens with zero attached hydrogens (tertiary/aromatic N) is 4. The van der Waals surface area contributed by atoms with E-state index < -0.39 is 0 Å². The van der Waals surface area contributed by atoms with Crippen molar-refractivity contribution in [2.45, 2.75) is 6.54 Å². The third kappa shape index (κ3) is 3.14. The zero-order valence-corrected chi connectivity index (χ0v) is 14.2. The maximum atomic E-state index is 12.5. The number of benzene rings is 2. The van der Waals surface area contributed by atoms with Gasteiger partial charge in [-0.25, -0.2) is 4.98 Å². The highest BCUT2D eigenvalue weighted by Gasteiger charge is 2.12. The highest BCUT2D eigenvalue weighted by atomic mass is 35.5. The molecule has 0 amide bonds. The van der Waals surface area contributed by atoms with Crippen LogP contribution in [0.1, 0.15) is 5.89 Å². The normalized spacial score (nSPS) is 11.1. The Hall–Kier alpha value is -2.70. The molecule has 0 aliphatic heterocycles. The monoisotopic (exact) mass is 372 g/mol. The van der Waals surface area contributed by atoms with Crippen LogP contribution in [-0.4, -0.2) is 19.7 Å². The minimum atomic E-state index is -0.204. The van der Waals surface area contributed by atoms with E-state index >= 15 is 0 Å². The van der Waals surface area contributed by atoms with Gasteiger partial charge >= 0.3 is 0 Å². The Morgan fingerprint density at radius 3 is 2.76 bits per heavy atom. The Labute approximate surface area is 151 Å². The van der Waals surface area contributed by atoms with Gasteiger partial charge in [-0.15, -0.1) is 0 Å². The molecule has 4 aromatic rings. The molecule has 2 heterocycles. The lowest BCUT2D eigenvalue weighted by molar-refractivity contribution is 0.369. The third-order valence-electron chi connectivity index (χ3n) is 3.64. The van der Waals surface area contributed by atoms with E-state index in [1.165, 1.54) is 10.9 Å². The zero-order valence-electron chi connectivity index (χ0n) is 12.7. The fourth-order valence-corrected chi connectivity index (χ4v) is 2.81. The molecule has 124 valence electrons. The summed E-state index contributed by atoms with van der Waals surface area (Å²) in [5.74, 6) is 0.707. The van der Waals surface area contributed by atoms with Crippen LogP contribution in [0.5, 0.6) is 0 Å². The molecule has 0 unspecified atom stereocenters. The number of hydrogen-bond donors (Lipinski definition) is 0. The summed E-state index contributed by atoms with van der Waals surface area (Å²) in [6.45, 7) is 0.123. The topological polar surface area (TPSA) is 73.8 Å². The van der Waals surface area contributed by atoms with Gasteiger partial charge in [0.2, 0.25) is 11.7 Å². The molecule has 6 nitrogen and oxygen atoms in total. The summed E-state index contributed by atoms with van der Waals surface area (Å²) in [4.78, 5) is 21.1. The summed E-state index contributed by atoms with van der Waals surface area (Å²) in [6.07, 6.45) is 1.43. The van der Waals surface area contributed by atoms with E-state index in [0.29, 0.717) is 32.7 Å². The molecule has 2 aromatic heterocycles. The SMILES string of the molecule is O=c1c2ccc(Cl)cc2ncn1Cc1nc(-c2cccc(Cl)c2)no1. The average molecular weight is 373 g/mol. The van der Waals surface area contributed by atoms with Crippen molar-refractivity contribution in [3.8, 4) is 11.4 Å². The second-order valence-electron chi connectivity index (χ2n) is 5.36. The first-order valence-electron chi connectivity index (χ1n) is 7.33. The molecule has 25 heavy (non-hydrogen) atoms. The Bertz CT molecular complexity index is 1140. The van der Waals surface area contributed by atoms with Crippen molar-refractivity contribution in [2.75, 3.05) is 0 Å². The first-order valence-corrected chi connectivity index (χ1v) is 8.09. The maximum absolute atomic E-state index is 12.5. The molecule has 0 spiro atoms. The largest absolute Gasteiger partial charge is 0.337 e. The quantitative estimate of drug-likeness (QED) is 0.546. The first kappa shape index (κ1) is 15.8. The van der Waals surface area contributed by atoms with Gasteiger partial charge in [0.15, 0.2) is 0 Å². The number of aromatic nitrogens is 4. The summed E-state index contributed by atoms with van der Waals surface area (Å²) in [7, 11) is 0. The van der Waals surface area contributed by atoms with Gasteiger partial charge in [-0.05, 0) is 30.3 Å². The summed E-state index contributed by atoms with van der Waals surface area (Å²) in [5, 5.41) is 5.51. The van der Waals surface area contributed by atoms with E-state index in [1.54, 1.807) is 36.4 Å². The molecule has 0 aliphatic rings. The van der Waals surface area contributed by atoms with Crippen LogP contribution in [0.25, 0.3) is 22.3 Å². The van der Waals surface area contributed by atoms with Gasteiger partial charge in [-0.1, -0.05) is 40.5 Å².